The average molecular weight is 1370 g/mol. The Bertz CT molecular complexity index is 1810. The minimum Gasteiger partial charge on any atom is -0.462 e. The molecule has 0 aliphatic rings. The lowest BCUT2D eigenvalue weighted by Crippen LogP contribution is -2.30. The van der Waals surface area contributed by atoms with Crippen molar-refractivity contribution in [2.45, 2.75) is 400 Å². The van der Waals surface area contributed by atoms with Crippen molar-refractivity contribution >= 4 is 39.5 Å². The molecule has 0 bridgehead atoms. The monoisotopic (exact) mass is 1370 g/mol. The second-order valence-corrected chi connectivity index (χ2v) is 30.3. The van der Waals surface area contributed by atoms with Gasteiger partial charge in [0.1, 0.15) is 19.3 Å². The van der Waals surface area contributed by atoms with Crippen LogP contribution in [-0.2, 0) is 65.4 Å². The van der Waals surface area contributed by atoms with E-state index in [9.17, 15) is 43.2 Å². The second kappa shape index (κ2) is 66.0. The first-order valence-corrected chi connectivity index (χ1v) is 41.5. The van der Waals surface area contributed by atoms with Gasteiger partial charge in [-0.25, -0.2) is 9.13 Å². The van der Waals surface area contributed by atoms with Gasteiger partial charge in [-0.2, -0.15) is 0 Å². The van der Waals surface area contributed by atoms with Crippen LogP contribution >= 0.6 is 15.6 Å². The number of aliphatic hydroxyl groups excluding tert-OH is 1. The fraction of sp³-hybridized carbons (Fsp3) is 0.946. The van der Waals surface area contributed by atoms with Crippen molar-refractivity contribution in [2.75, 3.05) is 39.6 Å². The molecule has 0 saturated heterocycles. The van der Waals surface area contributed by atoms with E-state index in [-0.39, 0.29) is 25.7 Å². The minimum absolute atomic E-state index is 0.105. The Morgan fingerprint density at radius 1 is 0.312 bits per heavy atom. The van der Waals surface area contributed by atoms with Gasteiger partial charge >= 0.3 is 39.5 Å². The van der Waals surface area contributed by atoms with Crippen LogP contribution in [0.2, 0.25) is 0 Å². The molecule has 3 unspecified atom stereocenters. The summed E-state index contributed by atoms with van der Waals surface area (Å²) >= 11 is 0. The lowest BCUT2D eigenvalue weighted by molar-refractivity contribution is -0.161. The molecule has 93 heavy (non-hydrogen) atoms. The van der Waals surface area contributed by atoms with Crippen molar-refractivity contribution in [2.24, 2.45) is 11.8 Å². The van der Waals surface area contributed by atoms with Gasteiger partial charge in [-0.15, -0.1) is 0 Å². The molecule has 0 aliphatic heterocycles. The fourth-order valence-corrected chi connectivity index (χ4v) is 12.8. The molecule has 552 valence electrons. The zero-order chi connectivity index (χ0) is 68.6. The predicted molar refractivity (Wildman–Crippen MR) is 377 cm³/mol. The Morgan fingerprint density at radius 2 is 0.548 bits per heavy atom. The highest BCUT2D eigenvalue weighted by Gasteiger charge is 2.30. The summed E-state index contributed by atoms with van der Waals surface area (Å²) in [6.45, 7) is 9.59. The van der Waals surface area contributed by atoms with E-state index in [1.165, 1.54) is 199 Å². The Morgan fingerprint density at radius 3 is 0.817 bits per heavy atom. The number of unbranched alkanes of at least 4 members (excludes halogenated alkanes) is 42. The van der Waals surface area contributed by atoms with Crippen molar-refractivity contribution in [1.82, 2.24) is 0 Å². The van der Waals surface area contributed by atoms with E-state index in [0.717, 1.165) is 102 Å². The third-order valence-electron chi connectivity index (χ3n) is 17.6. The molecule has 19 heteroatoms. The molecule has 0 amide bonds. The van der Waals surface area contributed by atoms with Crippen molar-refractivity contribution in [3.05, 3.63) is 0 Å². The largest absolute Gasteiger partial charge is 0.472 e. The fourth-order valence-electron chi connectivity index (χ4n) is 11.3. The Balaban J connectivity index is 5.23. The second-order valence-electron chi connectivity index (χ2n) is 27.4. The summed E-state index contributed by atoms with van der Waals surface area (Å²) in [5, 5.41) is 10.6. The minimum atomic E-state index is -4.96. The molecule has 17 nitrogen and oxygen atoms in total. The van der Waals surface area contributed by atoms with Gasteiger partial charge in [0.15, 0.2) is 12.2 Å². The summed E-state index contributed by atoms with van der Waals surface area (Å²) in [5.41, 5.74) is 0. The summed E-state index contributed by atoms with van der Waals surface area (Å²) in [7, 11) is -9.91. The number of ether oxygens (including phenoxy) is 4. The zero-order valence-electron chi connectivity index (χ0n) is 60.6. The molecule has 0 aromatic carbocycles. The van der Waals surface area contributed by atoms with Crippen LogP contribution in [-0.4, -0.2) is 96.7 Å². The molecule has 0 saturated carbocycles. The standard InChI is InChI=1S/C74H144O17P2/c1-7-10-12-14-16-18-19-20-25-28-32-39-45-51-57-72(77)85-63-69(90-73(78)58-52-46-40-33-29-26-23-21-22-24-27-31-36-42-48-54-66(4)5)64-88-92(80,81)86-60-68(75)61-87-93(82,83)89-65-70(62-84-71(76)56-50-44-38-30-17-15-13-11-8-2)91-74(79)59-53-47-41-35-34-37-43-49-55-67(6)9-3/h66-70,75H,7-65H2,1-6H3,(H,80,81)(H,82,83)/t67?,68-,69-,70-/m1/s1. The molecule has 6 atom stereocenters. The van der Waals surface area contributed by atoms with E-state index >= 15 is 0 Å². The van der Waals surface area contributed by atoms with Gasteiger partial charge in [0.05, 0.1) is 26.4 Å². The predicted octanol–water partition coefficient (Wildman–Crippen LogP) is 21.6. The number of esters is 4. The van der Waals surface area contributed by atoms with E-state index in [4.69, 9.17) is 37.0 Å². The quantitative estimate of drug-likeness (QED) is 0.0222. The van der Waals surface area contributed by atoms with Gasteiger partial charge < -0.3 is 33.8 Å². The van der Waals surface area contributed by atoms with Crippen LogP contribution < -0.4 is 0 Å². The van der Waals surface area contributed by atoms with Crippen LogP contribution in [0.15, 0.2) is 0 Å². The van der Waals surface area contributed by atoms with Crippen LogP contribution in [0.5, 0.6) is 0 Å². The molecule has 0 spiro atoms. The maximum atomic E-state index is 13.1. The van der Waals surface area contributed by atoms with Gasteiger partial charge in [0.25, 0.3) is 0 Å². The summed E-state index contributed by atoms with van der Waals surface area (Å²) in [5.74, 6) is -0.547. The first-order valence-electron chi connectivity index (χ1n) is 38.5. The van der Waals surface area contributed by atoms with Gasteiger partial charge in [0.2, 0.25) is 0 Å². The molecule has 0 radical (unpaired) electrons. The molecule has 0 aliphatic carbocycles. The van der Waals surface area contributed by atoms with Gasteiger partial charge in [0, 0.05) is 25.7 Å². The van der Waals surface area contributed by atoms with Crippen LogP contribution in [0.1, 0.15) is 382 Å². The highest BCUT2D eigenvalue weighted by molar-refractivity contribution is 7.47. The molecular formula is C74H144O17P2. The highest BCUT2D eigenvalue weighted by atomic mass is 31.2. The molecule has 0 aromatic rings. The Kier molecular flexibility index (Phi) is 64.6. The number of hydrogen-bond acceptors (Lipinski definition) is 15. The van der Waals surface area contributed by atoms with E-state index in [1.54, 1.807) is 0 Å². The van der Waals surface area contributed by atoms with Crippen LogP contribution in [0.3, 0.4) is 0 Å². The average Bonchev–Trinajstić information content (AvgIpc) is 2.03. The number of phosphoric ester groups is 2. The zero-order valence-corrected chi connectivity index (χ0v) is 62.3. The smallest absolute Gasteiger partial charge is 0.462 e. The lowest BCUT2D eigenvalue weighted by Gasteiger charge is -2.21. The van der Waals surface area contributed by atoms with E-state index in [2.05, 4.69) is 41.5 Å². The van der Waals surface area contributed by atoms with Crippen molar-refractivity contribution < 1.29 is 80.2 Å². The molecular weight excluding hydrogens is 1220 g/mol. The van der Waals surface area contributed by atoms with Crippen molar-refractivity contribution in [3.8, 4) is 0 Å². The number of rotatable bonds is 73. The van der Waals surface area contributed by atoms with E-state index < -0.39 is 97.5 Å². The third kappa shape index (κ3) is 67.0. The number of carbonyl (C=O) groups is 4. The van der Waals surface area contributed by atoms with Gasteiger partial charge in [-0.3, -0.25) is 37.3 Å². The van der Waals surface area contributed by atoms with E-state index in [1.807, 2.05) is 0 Å². The van der Waals surface area contributed by atoms with Crippen LogP contribution in [0.4, 0.5) is 0 Å². The lowest BCUT2D eigenvalue weighted by atomic mass is 9.99. The molecule has 0 heterocycles. The van der Waals surface area contributed by atoms with Crippen molar-refractivity contribution in [3.63, 3.8) is 0 Å². The maximum absolute atomic E-state index is 13.1. The summed E-state index contributed by atoms with van der Waals surface area (Å²) < 4.78 is 68.4. The number of aliphatic hydroxyl groups is 1. The SMILES string of the molecule is CCCCCCCCCCCCCCCCC(=O)OC[C@H](COP(=O)(O)OC[C@@H](O)COP(=O)(O)OC[C@@H](COC(=O)CCCCCCCCCCC)OC(=O)CCCCCCCCCCC(C)CC)OC(=O)CCCCCCCCCCCCCCCCCC(C)C. The third-order valence-corrected chi connectivity index (χ3v) is 19.5. The molecule has 3 N–H and O–H groups in total. The summed E-state index contributed by atoms with van der Waals surface area (Å²) in [6.07, 6.45) is 52.6. The van der Waals surface area contributed by atoms with Gasteiger partial charge in [-0.1, -0.05) is 330 Å². The normalized spacial score (nSPS) is 14.3. The Labute approximate surface area is 568 Å². The number of carbonyl (C=O) groups excluding carboxylic acids is 4. The van der Waals surface area contributed by atoms with Crippen LogP contribution in [0.25, 0.3) is 0 Å². The maximum Gasteiger partial charge on any atom is 0.472 e. The molecule has 0 aromatic heterocycles. The van der Waals surface area contributed by atoms with Crippen LogP contribution in [0, 0.1) is 11.8 Å². The van der Waals surface area contributed by atoms with E-state index in [0.29, 0.717) is 25.7 Å². The summed E-state index contributed by atoms with van der Waals surface area (Å²) in [4.78, 5) is 72.7. The number of phosphoric acid groups is 2. The highest BCUT2D eigenvalue weighted by Crippen LogP contribution is 2.45. The van der Waals surface area contributed by atoms with Gasteiger partial charge in [-0.05, 0) is 37.5 Å². The molecule has 0 fully saturated rings. The summed E-state index contributed by atoms with van der Waals surface area (Å²) in [6, 6.07) is 0. The first kappa shape index (κ1) is 91.1. The van der Waals surface area contributed by atoms with Crippen molar-refractivity contribution in [1.29, 1.82) is 0 Å². The molecule has 0 rings (SSSR count). The topological polar surface area (TPSA) is 237 Å². The Hall–Kier alpha value is -1.94. The number of hydrogen-bond donors (Lipinski definition) is 3. The first-order chi connectivity index (χ1) is 44.9.